The minimum Gasteiger partial charge on any atom is -0.378 e. The lowest BCUT2D eigenvalue weighted by Crippen LogP contribution is -2.19. The lowest BCUT2D eigenvalue weighted by molar-refractivity contribution is 0.0112. The van der Waals surface area contributed by atoms with Gasteiger partial charge in [0.15, 0.2) is 5.65 Å². The van der Waals surface area contributed by atoms with Gasteiger partial charge in [0.2, 0.25) is 0 Å². The van der Waals surface area contributed by atoms with Crippen LogP contribution >= 0.6 is 0 Å². The third-order valence-corrected chi connectivity index (χ3v) is 3.57. The molecule has 1 fully saturated rings. The highest BCUT2D eigenvalue weighted by molar-refractivity contribution is 5.45. The van der Waals surface area contributed by atoms with E-state index in [2.05, 4.69) is 16.3 Å². The van der Waals surface area contributed by atoms with Crippen molar-refractivity contribution in [3.63, 3.8) is 0 Å². The Kier molecular flexibility index (Phi) is 3.43. The Morgan fingerprint density at radius 3 is 3.16 bits per heavy atom. The van der Waals surface area contributed by atoms with Gasteiger partial charge in [-0.3, -0.25) is 4.40 Å². The van der Waals surface area contributed by atoms with E-state index < -0.39 is 0 Å². The highest BCUT2D eigenvalue weighted by Gasteiger charge is 2.15. The maximum atomic E-state index is 8.85. The van der Waals surface area contributed by atoms with E-state index in [0.29, 0.717) is 11.7 Å². The standard InChI is InChI=1S/C14H16N4O/c15-10-11-6-7-18-13(16-17-14(18)9-11)5-4-12-3-1-2-8-19-12/h6-7,9,12H,1-5,8H2. The molecule has 5 nitrogen and oxygen atoms in total. The van der Waals surface area contributed by atoms with Crippen molar-refractivity contribution < 1.29 is 4.74 Å². The number of hydrogen-bond acceptors (Lipinski definition) is 4. The van der Waals surface area contributed by atoms with Gasteiger partial charge < -0.3 is 4.74 Å². The molecular formula is C14H16N4O. The zero-order chi connectivity index (χ0) is 13.1. The van der Waals surface area contributed by atoms with E-state index in [-0.39, 0.29) is 0 Å². The first kappa shape index (κ1) is 12.1. The molecule has 0 aromatic carbocycles. The average Bonchev–Trinajstić information content (AvgIpc) is 2.88. The van der Waals surface area contributed by atoms with Crippen LogP contribution in [-0.4, -0.2) is 27.3 Å². The summed E-state index contributed by atoms with van der Waals surface area (Å²) in [6, 6.07) is 5.66. The van der Waals surface area contributed by atoms with Gasteiger partial charge in [-0.15, -0.1) is 10.2 Å². The second kappa shape index (κ2) is 5.37. The monoisotopic (exact) mass is 256 g/mol. The molecule has 5 heteroatoms. The van der Waals surface area contributed by atoms with Crippen molar-refractivity contribution in [1.82, 2.24) is 14.6 Å². The molecule has 2 aromatic heterocycles. The van der Waals surface area contributed by atoms with Crippen LogP contribution in [0.4, 0.5) is 0 Å². The van der Waals surface area contributed by atoms with Gasteiger partial charge in [-0.25, -0.2) is 0 Å². The second-order valence-electron chi connectivity index (χ2n) is 4.90. The van der Waals surface area contributed by atoms with Gasteiger partial charge in [-0.05, 0) is 31.7 Å². The summed E-state index contributed by atoms with van der Waals surface area (Å²) in [7, 11) is 0. The van der Waals surface area contributed by atoms with Gasteiger partial charge in [-0.1, -0.05) is 0 Å². The highest BCUT2D eigenvalue weighted by atomic mass is 16.5. The maximum absolute atomic E-state index is 8.85. The summed E-state index contributed by atoms with van der Waals surface area (Å²) in [4.78, 5) is 0. The van der Waals surface area contributed by atoms with Crippen LogP contribution in [0.15, 0.2) is 18.3 Å². The van der Waals surface area contributed by atoms with E-state index in [4.69, 9.17) is 10.00 Å². The normalized spacial score (nSPS) is 19.4. The van der Waals surface area contributed by atoms with Crippen LogP contribution in [0.1, 0.15) is 37.1 Å². The molecule has 1 atom stereocenters. The number of pyridine rings is 1. The molecule has 19 heavy (non-hydrogen) atoms. The molecule has 98 valence electrons. The van der Waals surface area contributed by atoms with Crippen LogP contribution in [-0.2, 0) is 11.2 Å². The molecule has 1 aliphatic rings. The summed E-state index contributed by atoms with van der Waals surface area (Å²) in [6.45, 7) is 0.886. The van der Waals surface area contributed by atoms with Crippen LogP contribution in [0.2, 0.25) is 0 Å². The predicted octanol–water partition coefficient (Wildman–Crippen LogP) is 2.10. The van der Waals surface area contributed by atoms with E-state index >= 15 is 0 Å². The number of ether oxygens (including phenoxy) is 1. The molecule has 0 aliphatic carbocycles. The Balaban J connectivity index is 1.72. The SMILES string of the molecule is N#Cc1ccn2c(CCC3CCCCO3)nnc2c1. The molecular weight excluding hydrogens is 240 g/mol. The number of fused-ring (bicyclic) bond motifs is 1. The van der Waals surface area contributed by atoms with E-state index in [1.165, 1.54) is 12.8 Å². The molecule has 3 heterocycles. The topological polar surface area (TPSA) is 63.2 Å². The van der Waals surface area contributed by atoms with Gasteiger partial charge >= 0.3 is 0 Å². The van der Waals surface area contributed by atoms with Gasteiger partial charge in [0.1, 0.15) is 5.82 Å². The van der Waals surface area contributed by atoms with Crippen molar-refractivity contribution in [3.05, 3.63) is 29.7 Å². The molecule has 1 saturated heterocycles. The molecule has 0 amide bonds. The molecule has 1 unspecified atom stereocenters. The molecule has 0 bridgehead atoms. The van der Waals surface area contributed by atoms with Crippen molar-refractivity contribution in [2.24, 2.45) is 0 Å². The summed E-state index contributed by atoms with van der Waals surface area (Å²) < 4.78 is 7.67. The molecule has 0 spiro atoms. The van der Waals surface area contributed by atoms with E-state index in [9.17, 15) is 0 Å². The van der Waals surface area contributed by atoms with Crippen molar-refractivity contribution in [2.75, 3.05) is 6.61 Å². The Bertz CT molecular complexity index is 607. The first-order valence-corrected chi connectivity index (χ1v) is 6.72. The minimum absolute atomic E-state index is 0.361. The molecule has 0 N–H and O–H groups in total. The lowest BCUT2D eigenvalue weighted by atomic mass is 10.0. The molecule has 0 saturated carbocycles. The van der Waals surface area contributed by atoms with Gasteiger partial charge in [0.25, 0.3) is 0 Å². The van der Waals surface area contributed by atoms with E-state index in [1.54, 1.807) is 12.1 Å². The summed E-state index contributed by atoms with van der Waals surface area (Å²) in [5.74, 6) is 0.939. The van der Waals surface area contributed by atoms with Crippen LogP contribution in [0.3, 0.4) is 0 Å². The molecule has 3 rings (SSSR count). The predicted molar refractivity (Wildman–Crippen MR) is 69.6 cm³/mol. The zero-order valence-corrected chi connectivity index (χ0v) is 10.7. The largest absolute Gasteiger partial charge is 0.378 e. The van der Waals surface area contributed by atoms with Crippen molar-refractivity contribution in [2.45, 2.75) is 38.2 Å². The second-order valence-corrected chi connectivity index (χ2v) is 4.90. The first-order chi connectivity index (χ1) is 9.36. The third kappa shape index (κ3) is 2.59. The number of hydrogen-bond donors (Lipinski definition) is 0. The average molecular weight is 256 g/mol. The number of aryl methyl sites for hydroxylation is 1. The number of nitrogens with zero attached hydrogens (tertiary/aromatic N) is 4. The lowest BCUT2D eigenvalue weighted by Gasteiger charge is -2.21. The fourth-order valence-electron chi connectivity index (χ4n) is 2.51. The first-order valence-electron chi connectivity index (χ1n) is 6.72. The van der Waals surface area contributed by atoms with Crippen molar-refractivity contribution in [1.29, 1.82) is 5.26 Å². The Labute approximate surface area is 111 Å². The summed E-state index contributed by atoms with van der Waals surface area (Å²) >= 11 is 0. The minimum atomic E-state index is 0.361. The van der Waals surface area contributed by atoms with Gasteiger partial charge in [-0.2, -0.15) is 5.26 Å². The van der Waals surface area contributed by atoms with Crippen LogP contribution < -0.4 is 0 Å². The number of aromatic nitrogens is 3. The molecule has 0 radical (unpaired) electrons. The van der Waals surface area contributed by atoms with Crippen LogP contribution in [0.5, 0.6) is 0 Å². The van der Waals surface area contributed by atoms with Crippen LogP contribution in [0, 0.1) is 11.3 Å². The number of nitriles is 1. The van der Waals surface area contributed by atoms with Gasteiger partial charge in [0, 0.05) is 25.3 Å². The fraction of sp³-hybridized carbons (Fsp3) is 0.500. The fourth-order valence-corrected chi connectivity index (χ4v) is 2.51. The zero-order valence-electron chi connectivity index (χ0n) is 10.7. The Hall–Kier alpha value is -1.93. The summed E-state index contributed by atoms with van der Waals surface area (Å²) in [6.07, 6.45) is 7.66. The summed E-state index contributed by atoms with van der Waals surface area (Å²) in [5.41, 5.74) is 1.35. The van der Waals surface area contributed by atoms with Crippen molar-refractivity contribution in [3.8, 4) is 6.07 Å². The Morgan fingerprint density at radius 1 is 1.42 bits per heavy atom. The van der Waals surface area contributed by atoms with E-state index in [0.717, 1.165) is 37.3 Å². The Morgan fingerprint density at radius 2 is 2.37 bits per heavy atom. The third-order valence-electron chi connectivity index (χ3n) is 3.57. The molecule has 2 aromatic rings. The molecule has 1 aliphatic heterocycles. The van der Waals surface area contributed by atoms with Crippen LogP contribution in [0.25, 0.3) is 5.65 Å². The summed E-state index contributed by atoms with van der Waals surface area (Å²) in [5, 5.41) is 17.2. The smallest absolute Gasteiger partial charge is 0.162 e. The highest BCUT2D eigenvalue weighted by Crippen LogP contribution is 2.17. The van der Waals surface area contributed by atoms with Crippen molar-refractivity contribution >= 4 is 5.65 Å². The quantitative estimate of drug-likeness (QED) is 0.843. The maximum Gasteiger partial charge on any atom is 0.162 e. The van der Waals surface area contributed by atoms with E-state index in [1.807, 2.05) is 10.6 Å². The van der Waals surface area contributed by atoms with Gasteiger partial charge in [0.05, 0.1) is 17.7 Å². The number of rotatable bonds is 3.